The van der Waals surface area contributed by atoms with Crippen molar-refractivity contribution in [2.45, 2.75) is 25.9 Å². The Morgan fingerprint density at radius 2 is 1.28 bits per heavy atom. The Morgan fingerprint density at radius 1 is 0.920 bits per heavy atom. The molecular weight excluding hydrogens is 371 g/mol. The van der Waals surface area contributed by atoms with E-state index in [-0.39, 0.29) is 16.8 Å². The molecule has 0 aliphatic rings. The van der Waals surface area contributed by atoms with Gasteiger partial charge < -0.3 is 29.8 Å². The topological polar surface area (TPSA) is 137 Å². The third-order valence-electron chi connectivity index (χ3n) is 2.80. The molecule has 25 heavy (non-hydrogen) atoms. The molecule has 8 nitrogen and oxygen atoms in total. The van der Waals surface area contributed by atoms with Gasteiger partial charge in [-0.3, -0.25) is 9.98 Å². The molecular formula is C16H18CoN4O4. The molecule has 2 atom stereocenters. The van der Waals surface area contributed by atoms with Gasteiger partial charge in [-0.15, -0.1) is 0 Å². The van der Waals surface area contributed by atoms with Crippen LogP contribution in [0.5, 0.6) is 0 Å². The van der Waals surface area contributed by atoms with E-state index in [0.29, 0.717) is 0 Å². The molecule has 2 rings (SSSR count). The number of aromatic amines is 2. The van der Waals surface area contributed by atoms with Crippen LogP contribution in [0.4, 0.5) is 0 Å². The number of carbonyl (C=O) groups is 2. The number of rotatable bonds is 6. The van der Waals surface area contributed by atoms with Crippen LogP contribution in [0, 0.1) is 0 Å². The fraction of sp³-hybridized carbons (Fsp3) is 0.250. The van der Waals surface area contributed by atoms with E-state index in [2.05, 4.69) is 20.0 Å². The van der Waals surface area contributed by atoms with Gasteiger partial charge in [0, 0.05) is 24.8 Å². The van der Waals surface area contributed by atoms with Gasteiger partial charge in [-0.05, 0) is 38.1 Å². The quantitative estimate of drug-likeness (QED) is 0.621. The van der Waals surface area contributed by atoms with Gasteiger partial charge >= 0.3 is 16.8 Å². The molecule has 0 spiro atoms. The number of aliphatic imine (C=N–C) groups is 2. The summed E-state index contributed by atoms with van der Waals surface area (Å²) in [6, 6.07) is 5.62. The molecule has 2 heterocycles. The zero-order valence-corrected chi connectivity index (χ0v) is 14.7. The van der Waals surface area contributed by atoms with Gasteiger partial charge in [-0.1, -0.05) is 0 Å². The smallest absolute Gasteiger partial charge is 0.548 e. The summed E-state index contributed by atoms with van der Waals surface area (Å²) >= 11 is 0. The first-order valence-electron chi connectivity index (χ1n) is 7.15. The molecule has 0 saturated heterocycles. The van der Waals surface area contributed by atoms with Crippen molar-refractivity contribution in [2.24, 2.45) is 9.98 Å². The van der Waals surface area contributed by atoms with Crippen LogP contribution in [0.2, 0.25) is 0 Å². The Morgan fingerprint density at radius 3 is 1.52 bits per heavy atom. The van der Waals surface area contributed by atoms with Gasteiger partial charge in [0.2, 0.25) is 0 Å². The van der Waals surface area contributed by atoms with Crippen molar-refractivity contribution in [3.8, 4) is 0 Å². The van der Waals surface area contributed by atoms with E-state index in [1.807, 2.05) is 12.1 Å². The zero-order chi connectivity index (χ0) is 17.9. The fourth-order valence-corrected chi connectivity index (χ4v) is 1.35. The van der Waals surface area contributed by atoms with E-state index >= 15 is 0 Å². The second kappa shape index (κ2) is 11.8. The van der Waals surface area contributed by atoms with Gasteiger partial charge in [0.05, 0.1) is 35.4 Å². The minimum atomic E-state index is -1.17. The largest absolute Gasteiger partial charge is 2.00 e. The van der Waals surface area contributed by atoms with Gasteiger partial charge in [0.1, 0.15) is 0 Å². The average molecular weight is 389 g/mol. The third kappa shape index (κ3) is 9.28. The normalized spacial score (nSPS) is 12.9. The maximum Gasteiger partial charge on any atom is 2.00 e. The van der Waals surface area contributed by atoms with Crippen LogP contribution in [0.15, 0.2) is 46.6 Å². The van der Waals surface area contributed by atoms with Gasteiger partial charge in [-0.2, -0.15) is 0 Å². The minimum absolute atomic E-state index is 0. The Hall–Kier alpha value is -2.65. The molecule has 9 heteroatoms. The molecule has 0 amide bonds. The summed E-state index contributed by atoms with van der Waals surface area (Å²) < 4.78 is 0. The summed E-state index contributed by atoms with van der Waals surface area (Å²) in [7, 11) is 0. The second-order valence-corrected chi connectivity index (χ2v) is 4.80. The fourth-order valence-electron chi connectivity index (χ4n) is 1.35. The summed E-state index contributed by atoms with van der Waals surface area (Å²) in [6.07, 6.45) is 6.43. The molecule has 0 aromatic carbocycles. The summed E-state index contributed by atoms with van der Waals surface area (Å²) in [6.45, 7) is 2.93. The Labute approximate surface area is 155 Å². The molecule has 2 aromatic rings. The van der Waals surface area contributed by atoms with Crippen LogP contribution in [0.3, 0.4) is 0 Å². The summed E-state index contributed by atoms with van der Waals surface area (Å²) in [5.41, 5.74) is 1.56. The standard InChI is InChI=1S/2C8H10N2O2.Co/c2*1-6(8(11)12)10-5-7-3-2-4-9-7;/h2*2-6,9H,1H3,(H,11,12);/q;;+2/p-2/t2*6-;/m00./s1. The van der Waals surface area contributed by atoms with Gasteiger partial charge in [0.25, 0.3) is 0 Å². The number of nitrogens with zero attached hydrogens (tertiary/aromatic N) is 2. The maximum absolute atomic E-state index is 10.2. The molecule has 0 saturated carbocycles. The minimum Gasteiger partial charge on any atom is -0.548 e. The van der Waals surface area contributed by atoms with Gasteiger partial charge in [-0.25, -0.2) is 0 Å². The van der Waals surface area contributed by atoms with E-state index < -0.39 is 24.0 Å². The van der Waals surface area contributed by atoms with Crippen molar-refractivity contribution in [3.05, 3.63) is 48.0 Å². The first-order chi connectivity index (χ1) is 11.4. The molecule has 1 radical (unpaired) electrons. The first kappa shape index (κ1) is 22.3. The SMILES string of the molecule is C[C@H](N=Cc1ccc[nH]1)C(=O)[O-].C[C@H](N=Cc1ccc[nH]1)C(=O)[O-].[Co+2]. The van der Waals surface area contributed by atoms with E-state index in [0.717, 1.165) is 11.4 Å². The molecule has 0 fully saturated rings. The Bertz CT molecular complexity index is 621. The van der Waals surface area contributed by atoms with Crippen LogP contribution >= 0.6 is 0 Å². The number of hydrogen-bond acceptors (Lipinski definition) is 6. The molecule has 0 aliphatic heterocycles. The van der Waals surface area contributed by atoms with Crippen molar-refractivity contribution in [3.63, 3.8) is 0 Å². The number of carbonyl (C=O) groups excluding carboxylic acids is 2. The van der Waals surface area contributed by atoms with Gasteiger partial charge in [0.15, 0.2) is 0 Å². The molecule has 2 N–H and O–H groups in total. The van der Waals surface area contributed by atoms with Crippen LogP contribution < -0.4 is 10.2 Å². The molecule has 135 valence electrons. The number of hydrogen-bond donors (Lipinski definition) is 2. The predicted molar refractivity (Wildman–Crippen MR) is 85.7 cm³/mol. The van der Waals surface area contributed by atoms with Crippen LogP contribution in [-0.2, 0) is 26.4 Å². The molecule has 0 aliphatic carbocycles. The van der Waals surface area contributed by atoms with E-state index in [1.165, 1.54) is 26.3 Å². The predicted octanol–water partition coefficient (Wildman–Crippen LogP) is -0.858. The third-order valence-corrected chi connectivity index (χ3v) is 2.80. The Kier molecular flexibility index (Phi) is 10.6. The molecule has 0 bridgehead atoms. The summed E-state index contributed by atoms with van der Waals surface area (Å²) in [5.74, 6) is -2.34. The monoisotopic (exact) mass is 389 g/mol. The van der Waals surface area contributed by atoms with Crippen molar-refractivity contribution < 1.29 is 36.6 Å². The summed E-state index contributed by atoms with van der Waals surface area (Å²) in [4.78, 5) is 33.7. The first-order valence-corrected chi connectivity index (χ1v) is 7.15. The summed E-state index contributed by atoms with van der Waals surface area (Å²) in [5, 5.41) is 20.4. The number of carboxylic acid groups (broad SMARTS) is 2. The van der Waals surface area contributed by atoms with Crippen molar-refractivity contribution in [1.82, 2.24) is 9.97 Å². The number of carboxylic acids is 2. The zero-order valence-electron chi connectivity index (χ0n) is 13.6. The maximum atomic E-state index is 10.2. The van der Waals surface area contributed by atoms with Crippen molar-refractivity contribution in [2.75, 3.05) is 0 Å². The van der Waals surface area contributed by atoms with Crippen molar-refractivity contribution in [1.29, 1.82) is 0 Å². The van der Waals surface area contributed by atoms with Crippen LogP contribution in [0.25, 0.3) is 0 Å². The Balaban J connectivity index is 0.000000443. The molecule has 2 aromatic heterocycles. The van der Waals surface area contributed by atoms with E-state index in [1.54, 1.807) is 24.5 Å². The number of H-pyrrole nitrogens is 2. The average Bonchev–Trinajstić information content (AvgIpc) is 3.23. The number of aliphatic carboxylic acids is 2. The van der Waals surface area contributed by atoms with Crippen LogP contribution in [0.1, 0.15) is 25.2 Å². The second-order valence-electron chi connectivity index (χ2n) is 4.80. The number of nitrogens with one attached hydrogen (secondary N) is 2. The molecule has 0 unspecified atom stereocenters. The van der Waals surface area contributed by atoms with Crippen LogP contribution in [-0.4, -0.2) is 46.4 Å². The van der Waals surface area contributed by atoms with E-state index in [9.17, 15) is 19.8 Å². The van der Waals surface area contributed by atoms with E-state index in [4.69, 9.17) is 0 Å². The number of aromatic nitrogens is 2. The van der Waals surface area contributed by atoms with Crippen molar-refractivity contribution >= 4 is 24.4 Å².